The Morgan fingerprint density at radius 3 is 2.90 bits per heavy atom. The van der Waals surface area contributed by atoms with E-state index in [1.807, 2.05) is 6.92 Å². The molecule has 0 unspecified atom stereocenters. The van der Waals surface area contributed by atoms with Crippen molar-refractivity contribution in [3.05, 3.63) is 35.3 Å². The van der Waals surface area contributed by atoms with Gasteiger partial charge >= 0.3 is 5.97 Å². The van der Waals surface area contributed by atoms with Crippen LogP contribution in [0.1, 0.15) is 21.6 Å². The molecule has 3 aromatic heterocycles. The molecule has 3 rings (SSSR count). The molecule has 21 heavy (non-hydrogen) atoms. The molecular weight excluding hydrogens is 292 g/mol. The van der Waals surface area contributed by atoms with Crippen molar-refractivity contribution in [1.29, 1.82) is 0 Å². The lowest BCUT2D eigenvalue weighted by molar-refractivity contribution is 0.0691. The Morgan fingerprint density at radius 2 is 2.14 bits per heavy atom. The third-order valence-corrected chi connectivity index (χ3v) is 3.78. The fraction of sp³-hybridized carbons (Fsp3) is 0.167. The SMILES string of the molecule is Cc1cc(C)c(C(=O)O)c(Sc2cncc3nnnn23)n1. The second-order valence-electron chi connectivity index (χ2n) is 4.36. The number of aromatic carboxylic acids is 1. The van der Waals surface area contributed by atoms with Crippen LogP contribution in [0.2, 0.25) is 0 Å². The summed E-state index contributed by atoms with van der Waals surface area (Å²) in [5, 5.41) is 21.6. The predicted octanol–water partition coefficient (Wildman–Crippen LogP) is 1.38. The minimum atomic E-state index is -1.01. The van der Waals surface area contributed by atoms with Crippen LogP contribution in [0.25, 0.3) is 5.65 Å². The number of tetrazole rings is 1. The van der Waals surface area contributed by atoms with E-state index in [1.54, 1.807) is 19.2 Å². The lowest BCUT2D eigenvalue weighted by Gasteiger charge is -2.09. The van der Waals surface area contributed by atoms with Gasteiger partial charge in [-0.1, -0.05) is 0 Å². The third kappa shape index (κ3) is 2.42. The molecule has 0 saturated carbocycles. The molecule has 0 spiro atoms. The monoisotopic (exact) mass is 302 g/mol. The van der Waals surface area contributed by atoms with Crippen molar-refractivity contribution < 1.29 is 9.90 Å². The predicted molar refractivity (Wildman–Crippen MR) is 73.4 cm³/mol. The Hall–Kier alpha value is -2.55. The number of carbonyl (C=O) groups is 1. The maximum Gasteiger partial charge on any atom is 0.338 e. The number of aromatic nitrogens is 6. The molecule has 0 aliphatic carbocycles. The Balaban J connectivity index is 2.13. The minimum Gasteiger partial charge on any atom is -0.478 e. The molecule has 0 saturated heterocycles. The second kappa shape index (κ2) is 5.09. The van der Waals surface area contributed by atoms with Gasteiger partial charge in [-0.05, 0) is 47.7 Å². The van der Waals surface area contributed by atoms with Gasteiger partial charge in [0.15, 0.2) is 5.65 Å². The summed E-state index contributed by atoms with van der Waals surface area (Å²) < 4.78 is 1.49. The van der Waals surface area contributed by atoms with E-state index >= 15 is 0 Å². The van der Waals surface area contributed by atoms with E-state index in [1.165, 1.54) is 22.5 Å². The summed E-state index contributed by atoms with van der Waals surface area (Å²) in [5.74, 6) is -1.01. The summed E-state index contributed by atoms with van der Waals surface area (Å²) in [5.41, 5.74) is 2.07. The molecular formula is C12H10N6O2S. The van der Waals surface area contributed by atoms with E-state index in [4.69, 9.17) is 0 Å². The first-order chi connectivity index (χ1) is 10.1. The zero-order valence-corrected chi connectivity index (χ0v) is 12.0. The molecule has 0 fully saturated rings. The van der Waals surface area contributed by atoms with Crippen molar-refractivity contribution in [3.63, 3.8) is 0 Å². The highest BCUT2D eigenvalue weighted by atomic mass is 32.2. The Bertz CT molecular complexity index is 847. The average Bonchev–Trinajstić information content (AvgIpc) is 2.86. The van der Waals surface area contributed by atoms with Crippen LogP contribution in [0.3, 0.4) is 0 Å². The van der Waals surface area contributed by atoms with Crippen LogP contribution in [0.15, 0.2) is 28.5 Å². The van der Waals surface area contributed by atoms with Crippen LogP contribution in [0, 0.1) is 13.8 Å². The molecule has 0 radical (unpaired) electrons. The summed E-state index contributed by atoms with van der Waals surface area (Å²) in [7, 11) is 0. The summed E-state index contributed by atoms with van der Waals surface area (Å²) in [4.78, 5) is 19.8. The van der Waals surface area contributed by atoms with Crippen molar-refractivity contribution in [1.82, 2.24) is 30.0 Å². The van der Waals surface area contributed by atoms with Crippen molar-refractivity contribution in [2.75, 3.05) is 0 Å². The van der Waals surface area contributed by atoms with Gasteiger partial charge in [-0.15, -0.1) is 5.10 Å². The molecule has 3 aromatic rings. The van der Waals surface area contributed by atoms with Gasteiger partial charge in [0.05, 0.1) is 18.0 Å². The number of aryl methyl sites for hydroxylation is 2. The number of hydrogen-bond donors (Lipinski definition) is 1. The van der Waals surface area contributed by atoms with E-state index in [2.05, 4.69) is 25.5 Å². The van der Waals surface area contributed by atoms with Gasteiger partial charge in [-0.3, -0.25) is 4.98 Å². The number of carboxylic acids is 1. The quantitative estimate of drug-likeness (QED) is 0.773. The van der Waals surface area contributed by atoms with E-state index in [9.17, 15) is 9.90 Å². The number of hydrogen-bond acceptors (Lipinski definition) is 7. The number of fused-ring (bicyclic) bond motifs is 1. The first-order valence-electron chi connectivity index (χ1n) is 5.98. The summed E-state index contributed by atoms with van der Waals surface area (Å²) in [6, 6.07) is 1.74. The highest BCUT2D eigenvalue weighted by Crippen LogP contribution is 2.30. The topological polar surface area (TPSA) is 106 Å². The Labute approximate surface area is 123 Å². The molecule has 0 aromatic carbocycles. The van der Waals surface area contributed by atoms with Crippen LogP contribution >= 0.6 is 11.8 Å². The number of pyridine rings is 1. The van der Waals surface area contributed by atoms with Gasteiger partial charge in [0, 0.05) is 5.69 Å². The number of rotatable bonds is 3. The van der Waals surface area contributed by atoms with E-state index < -0.39 is 5.97 Å². The largest absolute Gasteiger partial charge is 0.478 e. The molecule has 8 nitrogen and oxygen atoms in total. The molecule has 1 N–H and O–H groups in total. The summed E-state index contributed by atoms with van der Waals surface area (Å²) in [6.45, 7) is 3.57. The van der Waals surface area contributed by atoms with Crippen molar-refractivity contribution >= 4 is 23.4 Å². The lowest BCUT2D eigenvalue weighted by Crippen LogP contribution is -2.06. The highest BCUT2D eigenvalue weighted by Gasteiger charge is 2.18. The Morgan fingerprint density at radius 1 is 1.33 bits per heavy atom. The molecule has 0 amide bonds. The van der Waals surface area contributed by atoms with E-state index in [0.717, 1.165) is 5.69 Å². The van der Waals surface area contributed by atoms with Gasteiger partial charge in [0.2, 0.25) is 0 Å². The molecule has 106 valence electrons. The van der Waals surface area contributed by atoms with Crippen LogP contribution in [-0.4, -0.2) is 41.1 Å². The van der Waals surface area contributed by atoms with Crippen molar-refractivity contribution in [3.8, 4) is 0 Å². The molecule has 9 heteroatoms. The van der Waals surface area contributed by atoms with Gasteiger partial charge in [-0.25, -0.2) is 9.78 Å². The zero-order valence-electron chi connectivity index (χ0n) is 11.2. The van der Waals surface area contributed by atoms with Crippen LogP contribution < -0.4 is 0 Å². The zero-order chi connectivity index (χ0) is 15.0. The van der Waals surface area contributed by atoms with Crippen LogP contribution in [-0.2, 0) is 0 Å². The van der Waals surface area contributed by atoms with Gasteiger partial charge in [0.1, 0.15) is 10.1 Å². The minimum absolute atomic E-state index is 0.177. The number of carboxylic acid groups (broad SMARTS) is 1. The van der Waals surface area contributed by atoms with Gasteiger partial charge < -0.3 is 5.11 Å². The van der Waals surface area contributed by atoms with E-state index in [-0.39, 0.29) is 5.56 Å². The second-order valence-corrected chi connectivity index (χ2v) is 5.37. The molecule has 0 aliphatic rings. The first-order valence-corrected chi connectivity index (χ1v) is 6.79. The van der Waals surface area contributed by atoms with Crippen molar-refractivity contribution in [2.24, 2.45) is 0 Å². The molecule has 0 bridgehead atoms. The standard InChI is InChI=1S/C12H10N6O2S/c1-6-3-7(2)14-11(10(6)12(19)20)21-9-5-13-4-8-15-16-17-18(8)9/h3-5H,1-2H3,(H,19,20). The maximum absolute atomic E-state index is 11.4. The van der Waals surface area contributed by atoms with Gasteiger partial charge in [0.25, 0.3) is 0 Å². The van der Waals surface area contributed by atoms with E-state index in [0.29, 0.717) is 21.3 Å². The number of nitrogens with zero attached hydrogens (tertiary/aromatic N) is 6. The smallest absolute Gasteiger partial charge is 0.338 e. The fourth-order valence-electron chi connectivity index (χ4n) is 1.96. The molecule has 0 aliphatic heterocycles. The van der Waals surface area contributed by atoms with Crippen LogP contribution in [0.5, 0.6) is 0 Å². The molecule has 0 atom stereocenters. The van der Waals surface area contributed by atoms with Crippen molar-refractivity contribution in [2.45, 2.75) is 23.9 Å². The molecule has 3 heterocycles. The first kappa shape index (κ1) is 13.4. The highest BCUT2D eigenvalue weighted by molar-refractivity contribution is 7.99. The summed E-state index contributed by atoms with van der Waals surface area (Å²) >= 11 is 1.17. The average molecular weight is 302 g/mol. The van der Waals surface area contributed by atoms with Gasteiger partial charge in [-0.2, -0.15) is 4.52 Å². The fourth-order valence-corrected chi connectivity index (χ4v) is 3.03. The van der Waals surface area contributed by atoms with Crippen LogP contribution in [0.4, 0.5) is 0 Å². The summed E-state index contributed by atoms with van der Waals surface area (Å²) in [6.07, 6.45) is 3.09. The maximum atomic E-state index is 11.4. The normalized spacial score (nSPS) is 11.0. The third-order valence-electron chi connectivity index (χ3n) is 2.80. The Kier molecular flexibility index (Phi) is 3.26. The lowest BCUT2D eigenvalue weighted by atomic mass is 10.1.